The van der Waals surface area contributed by atoms with E-state index in [1.165, 1.54) is 12.2 Å². The Morgan fingerprint density at radius 2 is 2.17 bits per heavy atom. The summed E-state index contributed by atoms with van der Waals surface area (Å²) in [6, 6.07) is 0. The number of hydrogen-bond donors (Lipinski definition) is 1. The highest BCUT2D eigenvalue weighted by Gasteiger charge is 2.18. The van der Waals surface area contributed by atoms with Crippen molar-refractivity contribution in [2.24, 2.45) is 5.92 Å². The highest BCUT2D eigenvalue weighted by atomic mass is 79.9. The van der Waals surface area contributed by atoms with Crippen molar-refractivity contribution < 1.29 is 0 Å². The van der Waals surface area contributed by atoms with Crippen LogP contribution in [0.5, 0.6) is 0 Å². The Kier molecular flexibility index (Phi) is 3.27. The highest BCUT2D eigenvalue weighted by Crippen LogP contribution is 2.18. The van der Waals surface area contributed by atoms with Crippen LogP contribution in [0.15, 0.2) is 29.3 Å². The first-order chi connectivity index (χ1) is 8.81. The van der Waals surface area contributed by atoms with Crippen molar-refractivity contribution in [1.82, 2.24) is 19.5 Å². The lowest BCUT2D eigenvalue weighted by molar-refractivity contribution is 0.380. The lowest BCUT2D eigenvalue weighted by Gasteiger charge is -2.23. The third kappa shape index (κ3) is 2.53. The summed E-state index contributed by atoms with van der Waals surface area (Å²) in [5.74, 6) is 2.50. The van der Waals surface area contributed by atoms with Crippen LogP contribution in [0.1, 0.15) is 12.2 Å². The molecule has 0 saturated carbocycles. The maximum absolute atomic E-state index is 4.33. The lowest BCUT2D eigenvalue weighted by Crippen LogP contribution is -2.26. The second-order valence-electron chi connectivity index (χ2n) is 4.51. The molecule has 0 fully saturated rings. The van der Waals surface area contributed by atoms with Gasteiger partial charge in [-0.2, -0.15) is 0 Å². The van der Waals surface area contributed by atoms with Gasteiger partial charge in [-0.15, -0.1) is 0 Å². The van der Waals surface area contributed by atoms with Gasteiger partial charge in [0.05, 0.1) is 4.47 Å². The molecule has 5 nitrogen and oxygen atoms in total. The topological polar surface area (TPSA) is 55.6 Å². The van der Waals surface area contributed by atoms with Gasteiger partial charge in [-0.05, 0) is 28.3 Å². The van der Waals surface area contributed by atoms with Crippen molar-refractivity contribution in [1.29, 1.82) is 0 Å². The first kappa shape index (κ1) is 11.6. The minimum Gasteiger partial charge on any atom is -0.354 e. The van der Waals surface area contributed by atoms with Gasteiger partial charge in [-0.1, -0.05) is 0 Å². The normalized spacial score (nSPS) is 18.4. The van der Waals surface area contributed by atoms with Gasteiger partial charge in [0.1, 0.15) is 5.82 Å². The van der Waals surface area contributed by atoms with Gasteiger partial charge in [0.2, 0.25) is 5.95 Å². The smallest absolute Gasteiger partial charge is 0.222 e. The molecule has 3 rings (SSSR count). The number of anilines is 1. The van der Waals surface area contributed by atoms with E-state index >= 15 is 0 Å². The Hall–Kier alpha value is -1.43. The fourth-order valence-corrected chi connectivity index (χ4v) is 2.45. The Labute approximate surface area is 114 Å². The first-order valence-corrected chi connectivity index (χ1v) is 6.82. The van der Waals surface area contributed by atoms with Gasteiger partial charge in [-0.3, -0.25) is 0 Å². The number of fused-ring (bicyclic) bond motifs is 1. The van der Waals surface area contributed by atoms with Crippen molar-refractivity contribution in [3.8, 4) is 0 Å². The molecule has 0 bridgehead atoms. The second-order valence-corrected chi connectivity index (χ2v) is 5.42. The molecule has 0 aromatic carbocycles. The van der Waals surface area contributed by atoms with Crippen LogP contribution >= 0.6 is 15.9 Å². The van der Waals surface area contributed by atoms with Crippen molar-refractivity contribution in [2.75, 3.05) is 11.9 Å². The number of aryl methyl sites for hydroxylation is 1. The standard InChI is InChI=1S/C12H14BrN5/c13-10-6-16-12(17-7-10)15-5-9-1-2-11-14-3-4-18(11)8-9/h3-4,6-7,9H,1-2,5,8H2,(H,15,16,17)/t9-/m0/s1. The van der Waals surface area contributed by atoms with Gasteiger partial charge >= 0.3 is 0 Å². The summed E-state index contributed by atoms with van der Waals surface area (Å²) in [7, 11) is 0. The van der Waals surface area contributed by atoms with Crippen LogP contribution in [0.25, 0.3) is 0 Å². The van der Waals surface area contributed by atoms with E-state index in [-0.39, 0.29) is 0 Å². The molecule has 2 aromatic rings. The summed E-state index contributed by atoms with van der Waals surface area (Å²) in [5, 5.41) is 3.29. The van der Waals surface area contributed by atoms with Crippen molar-refractivity contribution in [3.63, 3.8) is 0 Å². The summed E-state index contributed by atoms with van der Waals surface area (Å²) in [6.45, 7) is 1.93. The van der Waals surface area contributed by atoms with Crippen molar-refractivity contribution in [3.05, 3.63) is 35.1 Å². The van der Waals surface area contributed by atoms with Gasteiger partial charge in [0, 0.05) is 44.3 Å². The number of nitrogens with zero attached hydrogens (tertiary/aromatic N) is 4. The summed E-state index contributed by atoms with van der Waals surface area (Å²) in [6.07, 6.45) is 9.66. The van der Waals surface area contributed by atoms with Crippen molar-refractivity contribution >= 4 is 21.9 Å². The van der Waals surface area contributed by atoms with Crippen LogP contribution in [0.2, 0.25) is 0 Å². The van der Waals surface area contributed by atoms with E-state index in [0.29, 0.717) is 11.9 Å². The molecule has 0 amide bonds. The fourth-order valence-electron chi connectivity index (χ4n) is 2.24. The number of hydrogen-bond acceptors (Lipinski definition) is 4. The average molecular weight is 308 g/mol. The largest absolute Gasteiger partial charge is 0.354 e. The highest BCUT2D eigenvalue weighted by molar-refractivity contribution is 9.10. The summed E-state index contributed by atoms with van der Waals surface area (Å²) < 4.78 is 3.13. The van der Waals surface area contributed by atoms with E-state index in [2.05, 4.69) is 47.0 Å². The molecule has 18 heavy (non-hydrogen) atoms. The van der Waals surface area contributed by atoms with Gasteiger partial charge in [0.25, 0.3) is 0 Å². The van der Waals surface area contributed by atoms with E-state index in [0.717, 1.165) is 24.0 Å². The zero-order valence-corrected chi connectivity index (χ0v) is 11.5. The molecule has 1 atom stereocenters. The van der Waals surface area contributed by atoms with E-state index in [1.54, 1.807) is 12.4 Å². The Balaban J connectivity index is 1.57. The molecular weight excluding hydrogens is 294 g/mol. The van der Waals surface area contributed by atoms with Crippen LogP contribution in [0.3, 0.4) is 0 Å². The molecule has 0 unspecified atom stereocenters. The van der Waals surface area contributed by atoms with Crippen LogP contribution in [-0.4, -0.2) is 26.1 Å². The molecule has 3 heterocycles. The Morgan fingerprint density at radius 1 is 1.33 bits per heavy atom. The van der Waals surface area contributed by atoms with Crippen LogP contribution < -0.4 is 5.32 Å². The third-order valence-corrected chi connectivity index (χ3v) is 3.61. The maximum Gasteiger partial charge on any atom is 0.222 e. The van der Waals surface area contributed by atoms with E-state index in [4.69, 9.17) is 0 Å². The number of nitrogens with one attached hydrogen (secondary N) is 1. The molecule has 1 aliphatic rings. The predicted molar refractivity (Wildman–Crippen MR) is 72.3 cm³/mol. The van der Waals surface area contributed by atoms with Gasteiger partial charge in [0.15, 0.2) is 0 Å². The molecule has 0 spiro atoms. The molecule has 0 radical (unpaired) electrons. The molecule has 0 saturated heterocycles. The minimum atomic E-state index is 0.610. The number of aromatic nitrogens is 4. The van der Waals surface area contributed by atoms with Crippen LogP contribution in [0, 0.1) is 5.92 Å². The third-order valence-electron chi connectivity index (χ3n) is 3.20. The summed E-state index contributed by atoms with van der Waals surface area (Å²) >= 11 is 3.32. The predicted octanol–water partition coefficient (Wildman–Crippen LogP) is 2.11. The molecule has 1 N–H and O–H groups in total. The molecule has 94 valence electrons. The van der Waals surface area contributed by atoms with Gasteiger partial charge in [-0.25, -0.2) is 15.0 Å². The number of halogens is 1. The SMILES string of the molecule is Brc1cnc(NC[C@@H]2CCc3nccn3C2)nc1. The van der Waals surface area contributed by atoms with Crippen molar-refractivity contribution in [2.45, 2.75) is 19.4 Å². The Bertz CT molecular complexity index is 522. The fraction of sp³-hybridized carbons (Fsp3) is 0.417. The molecule has 1 aliphatic heterocycles. The van der Waals surface area contributed by atoms with E-state index in [9.17, 15) is 0 Å². The second kappa shape index (κ2) is 5.06. The lowest BCUT2D eigenvalue weighted by atomic mass is 9.99. The van der Waals surface area contributed by atoms with E-state index in [1.807, 2.05) is 6.20 Å². The number of rotatable bonds is 3. The molecule has 0 aliphatic carbocycles. The van der Waals surface area contributed by atoms with Crippen LogP contribution in [-0.2, 0) is 13.0 Å². The Morgan fingerprint density at radius 3 is 3.00 bits per heavy atom. The summed E-state index contributed by atoms with van der Waals surface area (Å²) in [4.78, 5) is 12.7. The maximum atomic E-state index is 4.33. The first-order valence-electron chi connectivity index (χ1n) is 6.02. The minimum absolute atomic E-state index is 0.610. The molecular formula is C12H14BrN5. The molecule has 6 heteroatoms. The van der Waals surface area contributed by atoms with E-state index < -0.39 is 0 Å². The molecule has 2 aromatic heterocycles. The average Bonchev–Trinajstić information content (AvgIpc) is 2.85. The monoisotopic (exact) mass is 307 g/mol. The summed E-state index contributed by atoms with van der Waals surface area (Å²) in [5.41, 5.74) is 0. The van der Waals surface area contributed by atoms with Gasteiger partial charge < -0.3 is 9.88 Å². The quantitative estimate of drug-likeness (QED) is 0.943. The zero-order chi connectivity index (χ0) is 12.4. The number of imidazole rings is 1. The van der Waals surface area contributed by atoms with Crippen LogP contribution in [0.4, 0.5) is 5.95 Å². The zero-order valence-electron chi connectivity index (χ0n) is 9.88.